The lowest BCUT2D eigenvalue weighted by Gasteiger charge is -2.23. The number of carboxylic acids is 1. The first-order chi connectivity index (χ1) is 14.2. The summed E-state index contributed by atoms with van der Waals surface area (Å²) < 4.78 is 14.8. The summed E-state index contributed by atoms with van der Waals surface area (Å²) in [5.41, 5.74) is 1.54. The molecule has 2 aromatic heterocycles. The van der Waals surface area contributed by atoms with E-state index in [4.69, 9.17) is 0 Å². The molecule has 3 N–H and O–H groups in total. The molecule has 0 aliphatic heterocycles. The molecule has 4 rings (SSSR count). The van der Waals surface area contributed by atoms with Gasteiger partial charge in [-0.15, -0.1) is 0 Å². The highest BCUT2D eigenvalue weighted by Crippen LogP contribution is 2.39. The first kappa shape index (κ1) is 20.5. The van der Waals surface area contributed by atoms with Gasteiger partial charge in [-0.05, 0) is 49.9 Å². The van der Waals surface area contributed by atoms with Crippen molar-refractivity contribution in [2.75, 3.05) is 0 Å². The summed E-state index contributed by atoms with van der Waals surface area (Å²) in [6.45, 7) is 3.15. The molecule has 158 valence electrons. The Labute approximate surface area is 175 Å². The van der Waals surface area contributed by atoms with Gasteiger partial charge in [-0.1, -0.05) is 37.8 Å². The number of carboxylic acid groups (broad SMARTS) is 1. The number of nitrogens with zero attached hydrogens (tertiary/aromatic N) is 1. The molecule has 3 aromatic rings. The molecule has 5 nitrogen and oxygen atoms in total. The molecule has 0 amide bonds. The van der Waals surface area contributed by atoms with E-state index < -0.39 is 17.4 Å². The fraction of sp³-hybridized carbons (Fsp3) is 0.417. The quantitative estimate of drug-likeness (QED) is 0.512. The molecular weight excluding hydrogens is 383 g/mol. The van der Waals surface area contributed by atoms with Crippen LogP contribution in [0.3, 0.4) is 0 Å². The number of carbonyl (C=O) groups is 1. The normalized spacial score (nSPS) is 16.3. The first-order valence-electron chi connectivity index (χ1n) is 10.5. The summed E-state index contributed by atoms with van der Waals surface area (Å²) in [4.78, 5) is 18.8. The number of fused-ring (bicyclic) bond motifs is 1. The van der Waals surface area contributed by atoms with Crippen molar-refractivity contribution < 1.29 is 19.4 Å². The van der Waals surface area contributed by atoms with Crippen molar-refractivity contribution in [1.82, 2.24) is 9.97 Å². The monoisotopic (exact) mass is 410 g/mol. The van der Waals surface area contributed by atoms with Crippen LogP contribution in [0, 0.1) is 11.7 Å². The molecule has 0 saturated heterocycles. The highest BCUT2D eigenvalue weighted by Gasteiger charge is 2.27. The number of H-pyrrole nitrogens is 1. The Bertz CT molecular complexity index is 1080. The SMILES string of the molecule is CC(C)(O)c1ccc([C@@H](CC2CCCC2)c2cc3cc(C(=O)O)cnc3[nH]2)cc1F. The molecule has 0 radical (unpaired) electrons. The summed E-state index contributed by atoms with van der Waals surface area (Å²) in [5.74, 6) is -0.917. The molecule has 1 fully saturated rings. The highest BCUT2D eigenvalue weighted by molar-refractivity contribution is 5.92. The lowest BCUT2D eigenvalue weighted by molar-refractivity contribution is 0.0695. The number of halogens is 1. The van der Waals surface area contributed by atoms with Crippen molar-refractivity contribution in [3.63, 3.8) is 0 Å². The highest BCUT2D eigenvalue weighted by atomic mass is 19.1. The van der Waals surface area contributed by atoms with Gasteiger partial charge in [0.2, 0.25) is 0 Å². The molecule has 0 bridgehead atoms. The number of benzene rings is 1. The third kappa shape index (κ3) is 4.10. The fourth-order valence-electron chi connectivity index (χ4n) is 4.61. The van der Waals surface area contributed by atoms with E-state index in [-0.39, 0.29) is 17.0 Å². The van der Waals surface area contributed by atoms with E-state index >= 15 is 0 Å². The molecule has 6 heteroatoms. The van der Waals surface area contributed by atoms with Gasteiger partial charge in [0, 0.05) is 28.8 Å². The number of pyridine rings is 1. The Morgan fingerprint density at radius 1 is 1.27 bits per heavy atom. The zero-order valence-electron chi connectivity index (χ0n) is 17.3. The average molecular weight is 410 g/mol. The Balaban J connectivity index is 1.75. The van der Waals surface area contributed by atoms with Crippen LogP contribution in [0.2, 0.25) is 0 Å². The second kappa shape index (κ2) is 7.84. The third-order valence-electron chi connectivity index (χ3n) is 6.21. The van der Waals surface area contributed by atoms with Gasteiger partial charge < -0.3 is 15.2 Å². The van der Waals surface area contributed by atoms with Gasteiger partial charge in [0.15, 0.2) is 0 Å². The van der Waals surface area contributed by atoms with Gasteiger partial charge in [0.25, 0.3) is 0 Å². The van der Waals surface area contributed by atoms with E-state index in [2.05, 4.69) is 9.97 Å². The maximum Gasteiger partial charge on any atom is 0.337 e. The summed E-state index contributed by atoms with van der Waals surface area (Å²) in [5, 5.41) is 20.2. The first-order valence-corrected chi connectivity index (χ1v) is 10.5. The van der Waals surface area contributed by atoms with Gasteiger partial charge in [-0.3, -0.25) is 0 Å². The topological polar surface area (TPSA) is 86.2 Å². The van der Waals surface area contributed by atoms with Crippen LogP contribution >= 0.6 is 0 Å². The lowest BCUT2D eigenvalue weighted by atomic mass is 9.84. The minimum absolute atomic E-state index is 0.0547. The number of nitrogens with one attached hydrogen (secondary N) is 1. The van der Waals surface area contributed by atoms with Crippen LogP contribution in [-0.4, -0.2) is 26.2 Å². The number of aliphatic hydroxyl groups is 1. The van der Waals surface area contributed by atoms with Crippen molar-refractivity contribution in [2.45, 2.75) is 57.5 Å². The number of rotatable bonds is 6. The molecule has 1 aliphatic carbocycles. The lowest BCUT2D eigenvalue weighted by Crippen LogP contribution is -2.18. The zero-order valence-corrected chi connectivity index (χ0v) is 17.3. The summed E-state index contributed by atoms with van der Waals surface area (Å²) in [6.07, 6.45) is 7.01. The molecule has 0 spiro atoms. The molecule has 1 saturated carbocycles. The molecule has 30 heavy (non-hydrogen) atoms. The smallest absolute Gasteiger partial charge is 0.337 e. The number of hydrogen-bond acceptors (Lipinski definition) is 3. The molecular formula is C24H27FN2O3. The van der Waals surface area contributed by atoms with Crippen LogP contribution < -0.4 is 0 Å². The maximum absolute atomic E-state index is 14.8. The van der Waals surface area contributed by atoms with Crippen molar-refractivity contribution in [2.24, 2.45) is 5.92 Å². The van der Waals surface area contributed by atoms with Gasteiger partial charge in [0.05, 0.1) is 11.2 Å². The second-order valence-electron chi connectivity index (χ2n) is 8.93. The standard InChI is InChI=1S/C24H27FN2O3/c1-24(2,30)19-8-7-15(11-20(19)25)18(9-14-5-3-4-6-14)21-12-16-10-17(23(28)29)13-26-22(16)27-21/h7-8,10-14,18,30H,3-6,9H2,1-2H3,(H,26,27)(H,28,29)/t18-/m1/s1. The fourth-order valence-corrected chi connectivity index (χ4v) is 4.61. The van der Waals surface area contributed by atoms with Crippen LogP contribution in [0.4, 0.5) is 4.39 Å². The zero-order chi connectivity index (χ0) is 21.5. The summed E-state index contributed by atoms with van der Waals surface area (Å²) in [7, 11) is 0. The minimum atomic E-state index is -1.25. The largest absolute Gasteiger partial charge is 0.478 e. The van der Waals surface area contributed by atoms with Crippen LogP contribution in [0.1, 0.15) is 79.0 Å². The van der Waals surface area contributed by atoms with E-state index in [9.17, 15) is 19.4 Å². The van der Waals surface area contributed by atoms with Crippen molar-refractivity contribution in [3.8, 4) is 0 Å². The summed E-state index contributed by atoms with van der Waals surface area (Å²) in [6, 6.07) is 8.60. The van der Waals surface area contributed by atoms with E-state index in [0.29, 0.717) is 11.6 Å². The Hall–Kier alpha value is -2.73. The Kier molecular flexibility index (Phi) is 5.36. The van der Waals surface area contributed by atoms with E-state index in [1.807, 2.05) is 12.1 Å². The Morgan fingerprint density at radius 2 is 2.00 bits per heavy atom. The third-order valence-corrected chi connectivity index (χ3v) is 6.21. The Morgan fingerprint density at radius 3 is 2.63 bits per heavy atom. The van der Waals surface area contributed by atoms with E-state index in [1.54, 1.807) is 26.0 Å². The minimum Gasteiger partial charge on any atom is -0.478 e. The average Bonchev–Trinajstić information content (AvgIpc) is 3.33. The van der Waals surface area contributed by atoms with Crippen molar-refractivity contribution in [1.29, 1.82) is 0 Å². The van der Waals surface area contributed by atoms with Gasteiger partial charge in [-0.2, -0.15) is 0 Å². The van der Waals surface area contributed by atoms with Crippen LogP contribution in [0.15, 0.2) is 36.5 Å². The number of aromatic amines is 1. The predicted octanol–water partition coefficient (Wildman–Crippen LogP) is 5.34. The van der Waals surface area contributed by atoms with Crippen molar-refractivity contribution in [3.05, 3.63) is 64.7 Å². The molecule has 1 atom stereocenters. The molecule has 1 aromatic carbocycles. The number of aromatic carboxylic acids is 1. The van der Waals surface area contributed by atoms with E-state index in [0.717, 1.165) is 23.1 Å². The maximum atomic E-state index is 14.8. The number of aromatic nitrogens is 2. The van der Waals surface area contributed by atoms with Crippen LogP contribution in [0.5, 0.6) is 0 Å². The molecule has 1 aliphatic rings. The second-order valence-corrected chi connectivity index (χ2v) is 8.93. The van der Waals surface area contributed by atoms with Gasteiger partial charge >= 0.3 is 5.97 Å². The van der Waals surface area contributed by atoms with Gasteiger partial charge in [-0.25, -0.2) is 14.2 Å². The van der Waals surface area contributed by atoms with E-state index in [1.165, 1.54) is 37.9 Å². The van der Waals surface area contributed by atoms with Gasteiger partial charge in [0.1, 0.15) is 11.5 Å². The predicted molar refractivity (Wildman–Crippen MR) is 113 cm³/mol. The van der Waals surface area contributed by atoms with Crippen LogP contribution in [0.25, 0.3) is 11.0 Å². The van der Waals surface area contributed by atoms with Crippen molar-refractivity contribution >= 4 is 17.0 Å². The molecule has 0 unspecified atom stereocenters. The summed E-state index contributed by atoms with van der Waals surface area (Å²) >= 11 is 0. The van der Waals surface area contributed by atoms with Crippen LogP contribution in [-0.2, 0) is 5.60 Å². The number of hydrogen-bond donors (Lipinski definition) is 3. The molecule has 2 heterocycles.